The van der Waals surface area contributed by atoms with Crippen molar-refractivity contribution in [3.8, 4) is 0 Å². The van der Waals surface area contributed by atoms with E-state index in [1.165, 1.54) is 22.3 Å². The van der Waals surface area contributed by atoms with Crippen molar-refractivity contribution in [2.75, 3.05) is 0 Å². The van der Waals surface area contributed by atoms with Crippen LogP contribution in [0.4, 0.5) is 0 Å². The Morgan fingerprint density at radius 2 is 1.82 bits per heavy atom. The van der Waals surface area contributed by atoms with Crippen molar-refractivity contribution < 1.29 is 0 Å². The molecule has 0 aliphatic carbocycles. The van der Waals surface area contributed by atoms with Crippen LogP contribution in [-0.4, -0.2) is 14.6 Å². The summed E-state index contributed by atoms with van der Waals surface area (Å²) in [5.41, 5.74) is 6.24. The highest BCUT2D eigenvalue weighted by Crippen LogP contribution is 2.18. The Morgan fingerprint density at radius 3 is 2.55 bits per heavy atom. The number of benzene rings is 1. The Balaban J connectivity index is 1.79. The lowest BCUT2D eigenvalue weighted by molar-refractivity contribution is 0.539. The van der Waals surface area contributed by atoms with Crippen molar-refractivity contribution in [3.05, 3.63) is 64.6 Å². The summed E-state index contributed by atoms with van der Waals surface area (Å²) in [4.78, 5) is 0. The molecule has 22 heavy (non-hydrogen) atoms. The molecule has 4 heteroatoms. The van der Waals surface area contributed by atoms with Crippen molar-refractivity contribution in [3.63, 3.8) is 0 Å². The highest BCUT2D eigenvalue weighted by molar-refractivity contribution is 5.38. The van der Waals surface area contributed by atoms with Crippen molar-refractivity contribution in [1.29, 1.82) is 0 Å². The minimum Gasteiger partial charge on any atom is -0.303 e. The summed E-state index contributed by atoms with van der Waals surface area (Å²) in [6.07, 6.45) is 2.01. The van der Waals surface area contributed by atoms with Crippen LogP contribution in [-0.2, 0) is 6.54 Å². The molecule has 1 atom stereocenters. The lowest BCUT2D eigenvalue weighted by Gasteiger charge is -2.16. The normalized spacial score (nSPS) is 12.7. The molecule has 0 radical (unpaired) electrons. The molecule has 4 nitrogen and oxygen atoms in total. The fourth-order valence-corrected chi connectivity index (χ4v) is 2.99. The fraction of sp³-hybridized carbons (Fsp3) is 0.333. The van der Waals surface area contributed by atoms with Crippen molar-refractivity contribution in [2.24, 2.45) is 0 Å². The van der Waals surface area contributed by atoms with Gasteiger partial charge in [0, 0.05) is 12.7 Å². The van der Waals surface area contributed by atoms with Crippen LogP contribution >= 0.6 is 0 Å². The van der Waals surface area contributed by atoms with Gasteiger partial charge in [0.2, 0.25) is 0 Å². The molecule has 114 valence electrons. The van der Waals surface area contributed by atoms with Crippen molar-refractivity contribution in [1.82, 2.24) is 19.9 Å². The first-order chi connectivity index (χ1) is 10.6. The standard InChI is InChI=1S/C18H22N4/c1-12-9-13(2)16(14(3)10-12)11-19-15(4)18-21-20-17-7-5-6-8-22(17)18/h5-10,15,19H,11H2,1-4H3/t15-/m1/s1. The predicted octanol–water partition coefficient (Wildman–Crippen LogP) is 3.51. The highest BCUT2D eigenvalue weighted by atomic mass is 15.3. The van der Waals surface area contributed by atoms with E-state index in [0.717, 1.165) is 18.0 Å². The summed E-state index contributed by atoms with van der Waals surface area (Å²) in [6, 6.07) is 10.6. The Kier molecular flexibility index (Phi) is 3.94. The summed E-state index contributed by atoms with van der Waals surface area (Å²) in [7, 11) is 0. The fourth-order valence-electron chi connectivity index (χ4n) is 2.99. The zero-order valence-corrected chi connectivity index (χ0v) is 13.6. The first kappa shape index (κ1) is 14.7. The van der Waals surface area contributed by atoms with E-state index < -0.39 is 0 Å². The van der Waals surface area contributed by atoms with Gasteiger partial charge in [-0.15, -0.1) is 10.2 Å². The maximum Gasteiger partial charge on any atom is 0.160 e. The molecular formula is C18H22N4. The lowest BCUT2D eigenvalue weighted by atomic mass is 9.99. The molecule has 3 aromatic rings. The Bertz CT molecular complexity index is 781. The molecule has 0 bridgehead atoms. The van der Waals surface area contributed by atoms with Crippen LogP contribution in [0, 0.1) is 20.8 Å². The van der Waals surface area contributed by atoms with Gasteiger partial charge in [-0.05, 0) is 56.5 Å². The number of aromatic nitrogens is 3. The molecule has 0 fully saturated rings. The van der Waals surface area contributed by atoms with Crippen molar-refractivity contribution in [2.45, 2.75) is 40.3 Å². The first-order valence-electron chi connectivity index (χ1n) is 7.66. The van der Waals surface area contributed by atoms with Gasteiger partial charge in [-0.25, -0.2) is 0 Å². The van der Waals surface area contributed by atoms with Gasteiger partial charge in [0.1, 0.15) is 0 Å². The molecule has 0 saturated heterocycles. The smallest absolute Gasteiger partial charge is 0.160 e. The highest BCUT2D eigenvalue weighted by Gasteiger charge is 2.13. The summed E-state index contributed by atoms with van der Waals surface area (Å²) in [5.74, 6) is 0.943. The van der Waals surface area contributed by atoms with Crippen LogP contribution in [0.2, 0.25) is 0 Å². The van der Waals surface area contributed by atoms with E-state index in [0.29, 0.717) is 0 Å². The molecular weight excluding hydrogens is 272 g/mol. The minimum absolute atomic E-state index is 0.137. The molecule has 0 saturated carbocycles. The Hall–Kier alpha value is -2.20. The summed E-state index contributed by atoms with van der Waals surface area (Å²) in [5, 5.41) is 12.1. The molecule has 3 rings (SSSR count). The number of nitrogens with one attached hydrogen (secondary N) is 1. The summed E-state index contributed by atoms with van der Waals surface area (Å²) in [6.45, 7) is 9.45. The van der Waals surface area contributed by atoms with E-state index in [1.54, 1.807) is 0 Å². The topological polar surface area (TPSA) is 42.2 Å². The number of nitrogens with zero attached hydrogens (tertiary/aromatic N) is 3. The summed E-state index contributed by atoms with van der Waals surface area (Å²) < 4.78 is 2.03. The van der Waals surface area contributed by atoms with E-state index in [1.807, 2.05) is 28.8 Å². The largest absolute Gasteiger partial charge is 0.303 e. The lowest BCUT2D eigenvalue weighted by Crippen LogP contribution is -2.21. The second kappa shape index (κ2) is 5.89. The van der Waals surface area contributed by atoms with Gasteiger partial charge < -0.3 is 5.32 Å². The minimum atomic E-state index is 0.137. The number of pyridine rings is 1. The maximum atomic E-state index is 4.32. The van der Waals surface area contributed by atoms with Gasteiger partial charge in [-0.1, -0.05) is 23.8 Å². The van der Waals surface area contributed by atoms with Gasteiger partial charge in [0.15, 0.2) is 11.5 Å². The molecule has 2 heterocycles. The van der Waals surface area contributed by atoms with E-state index in [-0.39, 0.29) is 6.04 Å². The third-order valence-corrected chi connectivity index (χ3v) is 4.15. The zero-order valence-electron chi connectivity index (χ0n) is 13.6. The van der Waals surface area contributed by atoms with Gasteiger partial charge in [-0.3, -0.25) is 4.40 Å². The number of fused-ring (bicyclic) bond motifs is 1. The van der Waals surface area contributed by atoms with E-state index in [9.17, 15) is 0 Å². The second-order valence-electron chi connectivity index (χ2n) is 5.97. The Morgan fingerprint density at radius 1 is 1.09 bits per heavy atom. The molecule has 0 aliphatic heterocycles. The number of aryl methyl sites for hydroxylation is 3. The average molecular weight is 294 g/mol. The van der Waals surface area contributed by atoms with Crippen LogP contribution in [0.1, 0.15) is 41.0 Å². The first-order valence-corrected chi connectivity index (χ1v) is 7.66. The average Bonchev–Trinajstić information content (AvgIpc) is 2.90. The van der Waals surface area contributed by atoms with Crippen LogP contribution in [0.15, 0.2) is 36.5 Å². The van der Waals surface area contributed by atoms with Crippen molar-refractivity contribution >= 4 is 5.65 Å². The maximum absolute atomic E-state index is 4.32. The molecule has 1 N–H and O–H groups in total. The number of rotatable bonds is 4. The molecule has 0 unspecified atom stereocenters. The monoisotopic (exact) mass is 294 g/mol. The molecule has 0 amide bonds. The quantitative estimate of drug-likeness (QED) is 0.800. The van der Waals surface area contributed by atoms with Gasteiger partial charge in [0.25, 0.3) is 0 Å². The predicted molar refractivity (Wildman–Crippen MR) is 88.9 cm³/mol. The molecule has 1 aromatic carbocycles. The number of hydrogen-bond donors (Lipinski definition) is 1. The Labute approximate surface area is 131 Å². The SMILES string of the molecule is Cc1cc(C)c(CN[C@H](C)c2nnc3ccccn23)c(C)c1. The van der Waals surface area contributed by atoms with Crippen LogP contribution in [0.5, 0.6) is 0 Å². The molecule has 2 aromatic heterocycles. The van der Waals surface area contributed by atoms with Gasteiger partial charge >= 0.3 is 0 Å². The molecule has 0 spiro atoms. The van der Waals surface area contributed by atoms with Gasteiger partial charge in [0.05, 0.1) is 6.04 Å². The third kappa shape index (κ3) is 2.74. The zero-order chi connectivity index (χ0) is 15.7. The van der Waals surface area contributed by atoms with E-state index in [2.05, 4.69) is 55.3 Å². The van der Waals surface area contributed by atoms with Crippen LogP contribution in [0.3, 0.4) is 0 Å². The van der Waals surface area contributed by atoms with Gasteiger partial charge in [-0.2, -0.15) is 0 Å². The van der Waals surface area contributed by atoms with Crippen LogP contribution in [0.25, 0.3) is 5.65 Å². The third-order valence-electron chi connectivity index (χ3n) is 4.15. The van der Waals surface area contributed by atoms with E-state index in [4.69, 9.17) is 0 Å². The van der Waals surface area contributed by atoms with E-state index >= 15 is 0 Å². The molecule has 0 aliphatic rings. The second-order valence-corrected chi connectivity index (χ2v) is 5.97. The summed E-state index contributed by atoms with van der Waals surface area (Å²) >= 11 is 0. The van der Waals surface area contributed by atoms with Crippen LogP contribution < -0.4 is 5.32 Å². The number of hydrogen-bond acceptors (Lipinski definition) is 3.